The number of esters is 1. The maximum Gasteiger partial charge on any atom is 0.337 e. The third-order valence-corrected chi connectivity index (χ3v) is 5.72. The Labute approximate surface area is 190 Å². The number of likely N-dealkylation sites (N-methyl/N-ethyl adjacent to an activating group) is 1. The van der Waals surface area contributed by atoms with Crippen molar-refractivity contribution in [2.24, 2.45) is 0 Å². The van der Waals surface area contributed by atoms with E-state index in [2.05, 4.69) is 11.6 Å². The number of nitrogens with zero attached hydrogens (tertiary/aromatic N) is 3. The predicted molar refractivity (Wildman–Crippen MR) is 126 cm³/mol. The van der Waals surface area contributed by atoms with Crippen LogP contribution in [0.25, 0.3) is 16.6 Å². The number of benzene rings is 2. The summed E-state index contributed by atoms with van der Waals surface area (Å²) < 4.78 is 6.27. The molecule has 0 N–H and O–H groups in total. The molecule has 3 aromatic rings. The van der Waals surface area contributed by atoms with Crippen molar-refractivity contribution in [2.75, 3.05) is 26.0 Å². The highest BCUT2D eigenvalue weighted by atomic mass is 32.2. The number of aromatic nitrogens is 2. The average molecular weight is 452 g/mol. The first-order valence-electron chi connectivity index (χ1n) is 10.1. The number of hydrogen-bond acceptors (Lipinski definition) is 6. The van der Waals surface area contributed by atoms with Crippen molar-refractivity contribution in [1.29, 1.82) is 0 Å². The van der Waals surface area contributed by atoms with Gasteiger partial charge in [-0.05, 0) is 44.2 Å². The molecule has 0 aliphatic rings. The van der Waals surface area contributed by atoms with Gasteiger partial charge in [0.1, 0.15) is 0 Å². The van der Waals surface area contributed by atoms with Crippen LogP contribution < -0.4 is 5.56 Å². The second kappa shape index (κ2) is 10.3. The number of rotatable bonds is 8. The van der Waals surface area contributed by atoms with Gasteiger partial charge in [-0.25, -0.2) is 9.78 Å². The number of thioether (sulfide) groups is 1. The molecule has 166 valence electrons. The van der Waals surface area contributed by atoms with Gasteiger partial charge in [-0.1, -0.05) is 42.1 Å². The summed E-state index contributed by atoms with van der Waals surface area (Å²) in [7, 11) is 1.30. The van der Waals surface area contributed by atoms with Crippen LogP contribution in [0, 0.1) is 0 Å². The highest BCUT2D eigenvalue weighted by Gasteiger charge is 2.18. The molecule has 0 unspecified atom stereocenters. The van der Waals surface area contributed by atoms with E-state index in [-0.39, 0.29) is 17.2 Å². The maximum absolute atomic E-state index is 13.4. The lowest BCUT2D eigenvalue weighted by molar-refractivity contribution is -0.127. The molecule has 1 amide bonds. The Hall–Kier alpha value is -3.39. The van der Waals surface area contributed by atoms with Gasteiger partial charge in [0, 0.05) is 13.1 Å². The van der Waals surface area contributed by atoms with Crippen LogP contribution in [0.2, 0.25) is 0 Å². The van der Waals surface area contributed by atoms with Crippen LogP contribution in [0.1, 0.15) is 24.2 Å². The summed E-state index contributed by atoms with van der Waals surface area (Å²) in [6.45, 7) is 8.70. The van der Waals surface area contributed by atoms with Crippen LogP contribution in [0.4, 0.5) is 0 Å². The minimum atomic E-state index is -0.510. The van der Waals surface area contributed by atoms with Crippen LogP contribution in [-0.4, -0.2) is 52.3 Å². The van der Waals surface area contributed by atoms with Gasteiger partial charge >= 0.3 is 5.97 Å². The van der Waals surface area contributed by atoms with E-state index in [9.17, 15) is 14.4 Å². The number of carbonyl (C=O) groups excluding carboxylic acids is 2. The van der Waals surface area contributed by atoms with Gasteiger partial charge in [-0.2, -0.15) is 0 Å². The molecule has 0 fully saturated rings. The summed E-state index contributed by atoms with van der Waals surface area (Å²) in [6, 6.07) is 13.8. The molecule has 7 nitrogen and oxygen atoms in total. The number of para-hydroxylation sites is 1. The standard InChI is InChI=1S/C24H25N3O4S/c1-5-26(14-16(2)3)21(28)15-32-24-25-20-13-17(23(30)31-4)11-12-19(20)22(29)27(24)18-9-7-6-8-10-18/h6-13H,2,5,14-15H2,1,3-4H3. The van der Waals surface area contributed by atoms with Crippen molar-refractivity contribution in [3.63, 3.8) is 0 Å². The largest absolute Gasteiger partial charge is 0.465 e. The molecular formula is C24H25N3O4S. The predicted octanol–water partition coefficient (Wildman–Crippen LogP) is 3.69. The molecule has 8 heteroatoms. The zero-order valence-corrected chi connectivity index (χ0v) is 19.1. The fourth-order valence-corrected chi connectivity index (χ4v) is 4.15. The fourth-order valence-electron chi connectivity index (χ4n) is 3.23. The van der Waals surface area contributed by atoms with E-state index in [1.165, 1.54) is 29.5 Å². The van der Waals surface area contributed by atoms with E-state index in [0.717, 1.165) is 5.57 Å². The SMILES string of the molecule is C=C(C)CN(CC)C(=O)CSc1nc2cc(C(=O)OC)ccc2c(=O)n1-c1ccccc1. The number of amides is 1. The van der Waals surface area contributed by atoms with E-state index in [1.54, 1.807) is 17.0 Å². The van der Waals surface area contributed by atoms with E-state index in [4.69, 9.17) is 4.74 Å². The first-order valence-corrected chi connectivity index (χ1v) is 11.1. The second-order valence-corrected chi connectivity index (χ2v) is 8.19. The van der Waals surface area contributed by atoms with E-state index in [1.807, 2.05) is 44.2 Å². The van der Waals surface area contributed by atoms with Gasteiger partial charge in [0.25, 0.3) is 5.56 Å². The third-order valence-electron chi connectivity index (χ3n) is 4.79. The first-order chi connectivity index (χ1) is 15.3. The maximum atomic E-state index is 13.4. The normalized spacial score (nSPS) is 10.7. The number of methoxy groups -OCH3 is 1. The molecule has 0 aliphatic carbocycles. The zero-order chi connectivity index (χ0) is 23.3. The minimum Gasteiger partial charge on any atom is -0.465 e. The van der Waals surface area contributed by atoms with Crippen LogP contribution in [0.15, 0.2) is 70.6 Å². The Morgan fingerprint density at radius 3 is 2.53 bits per heavy atom. The topological polar surface area (TPSA) is 81.5 Å². The number of fused-ring (bicyclic) bond motifs is 1. The quantitative estimate of drug-likeness (QED) is 0.225. The van der Waals surface area contributed by atoms with Crippen LogP contribution in [-0.2, 0) is 9.53 Å². The molecule has 2 aromatic carbocycles. The van der Waals surface area contributed by atoms with Crippen molar-refractivity contribution < 1.29 is 14.3 Å². The summed E-state index contributed by atoms with van der Waals surface area (Å²) in [4.78, 5) is 44.4. The number of ether oxygens (including phenoxy) is 1. The monoisotopic (exact) mass is 451 g/mol. The average Bonchev–Trinajstić information content (AvgIpc) is 2.80. The molecule has 1 aromatic heterocycles. The number of carbonyl (C=O) groups is 2. The molecule has 0 aliphatic heterocycles. The molecular weight excluding hydrogens is 426 g/mol. The molecule has 0 saturated carbocycles. The van der Waals surface area contributed by atoms with E-state index in [0.29, 0.717) is 40.4 Å². The lowest BCUT2D eigenvalue weighted by atomic mass is 10.1. The molecule has 0 radical (unpaired) electrons. The molecule has 3 rings (SSSR count). The van der Waals surface area contributed by atoms with Gasteiger partial charge in [-0.15, -0.1) is 0 Å². The Morgan fingerprint density at radius 1 is 1.19 bits per heavy atom. The lowest BCUT2D eigenvalue weighted by Crippen LogP contribution is -2.33. The molecule has 0 saturated heterocycles. The third kappa shape index (κ3) is 5.08. The van der Waals surface area contributed by atoms with Gasteiger partial charge in [0.15, 0.2) is 5.16 Å². The molecule has 1 heterocycles. The van der Waals surface area contributed by atoms with Crippen LogP contribution in [0.3, 0.4) is 0 Å². The van der Waals surface area contributed by atoms with Gasteiger partial charge in [0.05, 0.1) is 35.0 Å². The van der Waals surface area contributed by atoms with Crippen molar-refractivity contribution >= 4 is 34.5 Å². The Balaban J connectivity index is 2.07. The summed E-state index contributed by atoms with van der Waals surface area (Å²) in [5.74, 6) is -0.468. The molecule has 0 atom stereocenters. The fraction of sp³-hybridized carbons (Fsp3) is 0.250. The summed E-state index contributed by atoms with van der Waals surface area (Å²) >= 11 is 1.18. The van der Waals surface area contributed by atoms with Crippen LogP contribution >= 0.6 is 11.8 Å². The Kier molecular flexibility index (Phi) is 7.48. The summed E-state index contributed by atoms with van der Waals surface area (Å²) in [5.41, 5.74) is 1.94. The van der Waals surface area contributed by atoms with Crippen molar-refractivity contribution in [3.05, 3.63) is 76.6 Å². The molecule has 0 spiro atoms. The summed E-state index contributed by atoms with van der Waals surface area (Å²) in [6.07, 6.45) is 0. The van der Waals surface area contributed by atoms with Crippen LogP contribution in [0.5, 0.6) is 0 Å². The van der Waals surface area contributed by atoms with Crippen molar-refractivity contribution in [1.82, 2.24) is 14.5 Å². The highest BCUT2D eigenvalue weighted by molar-refractivity contribution is 7.99. The van der Waals surface area contributed by atoms with E-state index >= 15 is 0 Å². The lowest BCUT2D eigenvalue weighted by Gasteiger charge is -2.21. The molecule has 0 bridgehead atoms. The smallest absolute Gasteiger partial charge is 0.337 e. The first kappa shape index (κ1) is 23.3. The summed E-state index contributed by atoms with van der Waals surface area (Å²) in [5, 5.41) is 0.741. The minimum absolute atomic E-state index is 0.0715. The highest BCUT2D eigenvalue weighted by Crippen LogP contribution is 2.22. The Bertz CT molecular complexity index is 1220. The second-order valence-electron chi connectivity index (χ2n) is 7.25. The zero-order valence-electron chi connectivity index (χ0n) is 18.3. The van der Waals surface area contributed by atoms with Gasteiger partial charge in [-0.3, -0.25) is 14.2 Å². The Morgan fingerprint density at radius 2 is 1.91 bits per heavy atom. The number of hydrogen-bond donors (Lipinski definition) is 0. The van der Waals surface area contributed by atoms with E-state index < -0.39 is 5.97 Å². The van der Waals surface area contributed by atoms with Gasteiger partial charge < -0.3 is 9.64 Å². The van der Waals surface area contributed by atoms with Crippen molar-refractivity contribution in [3.8, 4) is 5.69 Å². The van der Waals surface area contributed by atoms with Gasteiger partial charge in [0.2, 0.25) is 5.91 Å². The molecule has 32 heavy (non-hydrogen) atoms. The van der Waals surface area contributed by atoms with Crippen molar-refractivity contribution in [2.45, 2.75) is 19.0 Å².